The number of nitrogens with one attached hydrogen (secondary N) is 1. The molecule has 1 atom stereocenters. The Hall–Kier alpha value is -1.90. The molecule has 23 heavy (non-hydrogen) atoms. The van der Waals surface area contributed by atoms with E-state index >= 15 is 0 Å². The molecule has 126 valence electrons. The van der Waals surface area contributed by atoms with E-state index in [0.717, 1.165) is 0 Å². The van der Waals surface area contributed by atoms with Crippen molar-refractivity contribution < 1.29 is 22.5 Å². The summed E-state index contributed by atoms with van der Waals surface area (Å²) in [7, 11) is -3.63. The minimum atomic E-state index is -3.63. The predicted molar refractivity (Wildman–Crippen MR) is 80.1 cm³/mol. The van der Waals surface area contributed by atoms with Crippen molar-refractivity contribution in [3.05, 3.63) is 17.0 Å². The molecule has 2 aliphatic rings. The van der Waals surface area contributed by atoms with E-state index < -0.39 is 26.7 Å². The van der Waals surface area contributed by atoms with Gasteiger partial charge in [0.1, 0.15) is 16.9 Å². The van der Waals surface area contributed by atoms with Crippen molar-refractivity contribution in [1.29, 1.82) is 0 Å². The fraction of sp³-hybridized carbons (Fsp3) is 0.643. The summed E-state index contributed by atoms with van der Waals surface area (Å²) in [4.78, 5) is 26.5. The van der Waals surface area contributed by atoms with Crippen molar-refractivity contribution in [3.63, 3.8) is 0 Å². The molecule has 0 aromatic carbocycles. The van der Waals surface area contributed by atoms with Crippen LogP contribution in [-0.4, -0.2) is 47.6 Å². The lowest BCUT2D eigenvalue weighted by Gasteiger charge is -2.48. The number of carbonyl (C=O) groups excluding carboxylic acids is 2. The third-order valence-electron chi connectivity index (χ3n) is 4.60. The highest BCUT2D eigenvalue weighted by molar-refractivity contribution is 7.90. The molecule has 1 unspecified atom stereocenters. The first-order valence-corrected chi connectivity index (χ1v) is 9.02. The maximum Gasteiger partial charge on any atom is 0.260 e. The number of hydrogen-bond donors (Lipinski definition) is 1. The highest BCUT2D eigenvalue weighted by Crippen LogP contribution is 2.34. The number of aryl methyl sites for hydroxylation is 2. The fourth-order valence-corrected chi connectivity index (χ4v) is 4.15. The third-order valence-corrected chi connectivity index (χ3v) is 6.42. The van der Waals surface area contributed by atoms with Gasteiger partial charge in [-0.1, -0.05) is 5.16 Å². The van der Waals surface area contributed by atoms with Crippen LogP contribution in [0.1, 0.15) is 48.0 Å². The van der Waals surface area contributed by atoms with Gasteiger partial charge in [-0.2, -0.15) is 0 Å². The molecule has 3 rings (SSSR count). The van der Waals surface area contributed by atoms with Gasteiger partial charge in [0, 0.05) is 6.54 Å². The van der Waals surface area contributed by atoms with Crippen LogP contribution in [0.5, 0.6) is 0 Å². The molecule has 2 heterocycles. The van der Waals surface area contributed by atoms with Crippen molar-refractivity contribution in [1.82, 2.24) is 14.8 Å². The van der Waals surface area contributed by atoms with Crippen molar-refractivity contribution in [2.45, 2.75) is 50.8 Å². The molecular formula is C14H19N3O5S. The van der Waals surface area contributed by atoms with Gasteiger partial charge in [-0.15, -0.1) is 0 Å². The first kappa shape index (κ1) is 16.0. The Morgan fingerprint density at radius 3 is 2.43 bits per heavy atom. The van der Waals surface area contributed by atoms with Crippen LogP contribution in [0.15, 0.2) is 4.52 Å². The first-order valence-electron chi connectivity index (χ1n) is 7.48. The van der Waals surface area contributed by atoms with Crippen molar-refractivity contribution in [2.75, 3.05) is 6.54 Å². The first-order chi connectivity index (χ1) is 10.7. The van der Waals surface area contributed by atoms with Crippen LogP contribution in [-0.2, 0) is 14.8 Å². The van der Waals surface area contributed by atoms with Crippen molar-refractivity contribution in [2.24, 2.45) is 0 Å². The van der Waals surface area contributed by atoms with E-state index in [2.05, 4.69) is 9.88 Å². The zero-order valence-electron chi connectivity index (χ0n) is 13.2. The Kier molecular flexibility index (Phi) is 3.51. The van der Waals surface area contributed by atoms with E-state index in [0.29, 0.717) is 42.8 Å². The molecule has 1 aromatic rings. The van der Waals surface area contributed by atoms with Gasteiger partial charge in [-0.05, 0) is 40.0 Å². The molecule has 1 N–H and O–H groups in total. The molecule has 1 aliphatic heterocycles. The van der Waals surface area contributed by atoms with Gasteiger partial charge in [0.25, 0.3) is 11.8 Å². The van der Waals surface area contributed by atoms with Gasteiger partial charge in [0.05, 0.1) is 10.9 Å². The highest BCUT2D eigenvalue weighted by atomic mass is 32.2. The predicted octanol–water partition coefficient (Wildman–Crippen LogP) is 0.504. The molecule has 1 saturated heterocycles. The number of rotatable bonds is 4. The van der Waals surface area contributed by atoms with Crippen LogP contribution in [0.3, 0.4) is 0 Å². The Morgan fingerprint density at radius 2 is 2.00 bits per heavy atom. The van der Waals surface area contributed by atoms with Crippen LogP contribution in [0.25, 0.3) is 0 Å². The molecule has 0 spiro atoms. The number of sulfonamides is 1. The molecule has 0 bridgehead atoms. The van der Waals surface area contributed by atoms with Crippen LogP contribution in [0, 0.1) is 13.8 Å². The van der Waals surface area contributed by atoms with E-state index in [4.69, 9.17) is 4.52 Å². The van der Waals surface area contributed by atoms with Crippen LogP contribution >= 0.6 is 0 Å². The molecule has 1 aliphatic carbocycles. The van der Waals surface area contributed by atoms with Gasteiger partial charge in [-0.25, -0.2) is 8.42 Å². The SMILES string of the molecule is Cc1noc(C)c1C(=O)N1CCC1(C)C(=O)NS(=O)(=O)C1CC1. The molecule has 1 aromatic heterocycles. The van der Waals surface area contributed by atoms with Gasteiger partial charge in [0.2, 0.25) is 10.0 Å². The van der Waals surface area contributed by atoms with Gasteiger partial charge in [0.15, 0.2) is 0 Å². The Balaban J connectivity index is 1.80. The number of nitrogens with zero attached hydrogens (tertiary/aromatic N) is 2. The minimum Gasteiger partial charge on any atom is -0.361 e. The lowest BCUT2D eigenvalue weighted by atomic mass is 9.85. The number of likely N-dealkylation sites (tertiary alicyclic amines) is 1. The van der Waals surface area contributed by atoms with E-state index in [9.17, 15) is 18.0 Å². The molecule has 9 heteroatoms. The summed E-state index contributed by atoms with van der Waals surface area (Å²) in [5.41, 5.74) is -0.392. The second kappa shape index (κ2) is 5.05. The van der Waals surface area contributed by atoms with Gasteiger partial charge < -0.3 is 9.42 Å². The third kappa shape index (κ3) is 2.52. The van der Waals surface area contributed by atoms with Crippen LogP contribution in [0.2, 0.25) is 0 Å². The molecule has 8 nitrogen and oxygen atoms in total. The van der Waals surface area contributed by atoms with E-state index in [1.807, 2.05) is 0 Å². The summed E-state index contributed by atoms with van der Waals surface area (Å²) in [6, 6.07) is 0. The standard InChI is InChI=1S/C14H19N3O5S/c1-8-11(9(2)22-15-8)12(18)17-7-6-14(17,3)13(19)16-23(20,21)10-4-5-10/h10H,4-7H2,1-3H3,(H,16,19). The molecule has 2 amide bonds. The van der Waals surface area contributed by atoms with Crippen LogP contribution in [0.4, 0.5) is 0 Å². The maximum absolute atomic E-state index is 12.7. The summed E-state index contributed by atoms with van der Waals surface area (Å²) >= 11 is 0. The minimum absolute atomic E-state index is 0.328. The zero-order valence-corrected chi connectivity index (χ0v) is 14.1. The topological polar surface area (TPSA) is 110 Å². The molecule has 0 radical (unpaired) electrons. The smallest absolute Gasteiger partial charge is 0.260 e. The van der Waals surface area contributed by atoms with Gasteiger partial charge in [-0.3, -0.25) is 14.3 Å². The Bertz CT molecular complexity index is 761. The average molecular weight is 341 g/mol. The number of hydrogen-bond acceptors (Lipinski definition) is 6. The number of aromatic nitrogens is 1. The largest absolute Gasteiger partial charge is 0.361 e. The van der Waals surface area contributed by atoms with Crippen molar-refractivity contribution in [3.8, 4) is 0 Å². The normalized spacial score (nSPS) is 24.2. The second-order valence-corrected chi connectivity index (χ2v) is 8.32. The van der Waals surface area contributed by atoms with Gasteiger partial charge >= 0.3 is 0 Å². The molecular weight excluding hydrogens is 322 g/mol. The van der Waals surface area contributed by atoms with E-state index in [1.54, 1.807) is 20.8 Å². The fourth-order valence-electron chi connectivity index (χ4n) is 2.74. The highest BCUT2D eigenvalue weighted by Gasteiger charge is 2.52. The lowest BCUT2D eigenvalue weighted by Crippen LogP contribution is -2.68. The Morgan fingerprint density at radius 1 is 1.35 bits per heavy atom. The monoisotopic (exact) mass is 341 g/mol. The Labute approximate surface area is 134 Å². The number of carbonyl (C=O) groups is 2. The molecule has 1 saturated carbocycles. The quantitative estimate of drug-likeness (QED) is 0.854. The lowest BCUT2D eigenvalue weighted by molar-refractivity contribution is -0.135. The van der Waals surface area contributed by atoms with Crippen molar-refractivity contribution >= 4 is 21.8 Å². The summed E-state index contributed by atoms with van der Waals surface area (Å²) < 4.78 is 31.0. The summed E-state index contributed by atoms with van der Waals surface area (Å²) in [6.07, 6.45) is 1.55. The summed E-state index contributed by atoms with van der Waals surface area (Å²) in [5, 5.41) is 3.26. The second-order valence-electron chi connectivity index (χ2n) is 6.36. The zero-order chi connectivity index (χ0) is 17.0. The van der Waals surface area contributed by atoms with Crippen LogP contribution < -0.4 is 4.72 Å². The van der Waals surface area contributed by atoms with E-state index in [1.165, 1.54) is 4.90 Å². The maximum atomic E-state index is 12.7. The number of amides is 2. The summed E-state index contributed by atoms with van der Waals surface area (Å²) in [5.74, 6) is -0.641. The molecule has 2 fully saturated rings. The average Bonchev–Trinajstić information content (AvgIpc) is 3.23. The summed E-state index contributed by atoms with van der Waals surface area (Å²) in [6.45, 7) is 5.24. The van der Waals surface area contributed by atoms with E-state index in [-0.39, 0.29) is 5.91 Å².